The molecule has 0 aliphatic carbocycles. The van der Waals surface area contributed by atoms with E-state index in [1.807, 2.05) is 23.5 Å². The fourth-order valence-electron chi connectivity index (χ4n) is 9.19. The molecule has 0 saturated heterocycles. The molecule has 2 heterocycles. The Hall–Kier alpha value is -7.72. The summed E-state index contributed by atoms with van der Waals surface area (Å²) in [6.07, 6.45) is 0. The van der Waals surface area contributed by atoms with Gasteiger partial charge in [0.2, 0.25) is 0 Å². The Labute approximate surface area is 357 Å². The van der Waals surface area contributed by atoms with Crippen LogP contribution in [0.5, 0.6) is 0 Å². The van der Waals surface area contributed by atoms with Gasteiger partial charge in [-0.25, -0.2) is 0 Å². The van der Waals surface area contributed by atoms with Gasteiger partial charge in [-0.2, -0.15) is 0 Å². The number of rotatable bonds is 7. The topological polar surface area (TPSA) is 16.4 Å². The normalized spacial score (nSPS) is 11.6. The summed E-state index contributed by atoms with van der Waals surface area (Å²) >= 11 is 1.87. The van der Waals surface area contributed by atoms with Crippen LogP contribution in [0.2, 0.25) is 0 Å². The molecule has 2 aromatic heterocycles. The number of thiophene rings is 1. The van der Waals surface area contributed by atoms with Crippen molar-refractivity contribution in [2.75, 3.05) is 4.90 Å². The van der Waals surface area contributed by atoms with Crippen LogP contribution in [-0.4, -0.2) is 0 Å². The second-order valence-electron chi connectivity index (χ2n) is 15.6. The molecule has 0 aliphatic heterocycles. The molecule has 286 valence electrons. The number of para-hydroxylation sites is 3. The fraction of sp³-hybridized carbons (Fsp3) is 0. The molecule has 0 spiro atoms. The predicted octanol–water partition coefficient (Wildman–Crippen LogP) is 17.2. The van der Waals surface area contributed by atoms with E-state index in [1.54, 1.807) is 0 Å². The first kappa shape index (κ1) is 35.2. The molecule has 12 aromatic rings. The maximum Gasteiger partial charge on any atom is 0.143 e. The maximum atomic E-state index is 6.47. The Morgan fingerprint density at radius 3 is 1.77 bits per heavy atom. The highest BCUT2D eigenvalue weighted by molar-refractivity contribution is 7.26. The smallest absolute Gasteiger partial charge is 0.143 e. The molecule has 0 radical (unpaired) electrons. The lowest BCUT2D eigenvalue weighted by molar-refractivity contribution is 0.670. The van der Waals surface area contributed by atoms with Gasteiger partial charge in [-0.1, -0.05) is 176 Å². The molecule has 3 heteroatoms. The van der Waals surface area contributed by atoms with Gasteiger partial charge in [-0.15, -0.1) is 11.3 Å². The molecule has 61 heavy (non-hydrogen) atoms. The average molecular weight is 796 g/mol. The van der Waals surface area contributed by atoms with Crippen LogP contribution >= 0.6 is 11.3 Å². The van der Waals surface area contributed by atoms with Crippen molar-refractivity contribution in [3.8, 4) is 44.5 Å². The van der Waals surface area contributed by atoms with Gasteiger partial charge < -0.3 is 9.32 Å². The van der Waals surface area contributed by atoms with E-state index in [-0.39, 0.29) is 0 Å². The summed E-state index contributed by atoms with van der Waals surface area (Å²) in [5.74, 6) is 0. The zero-order valence-electron chi connectivity index (χ0n) is 33.1. The number of hydrogen-bond donors (Lipinski definition) is 0. The molecule has 0 saturated carbocycles. The Morgan fingerprint density at radius 2 is 0.918 bits per heavy atom. The van der Waals surface area contributed by atoms with Gasteiger partial charge in [-0.3, -0.25) is 0 Å². The van der Waals surface area contributed by atoms with E-state index in [9.17, 15) is 0 Å². The van der Waals surface area contributed by atoms with Crippen LogP contribution in [0.1, 0.15) is 0 Å². The molecule has 0 unspecified atom stereocenters. The molecular weight excluding hydrogens is 759 g/mol. The molecule has 0 amide bonds. The number of anilines is 3. The van der Waals surface area contributed by atoms with E-state index in [0.29, 0.717) is 0 Å². The lowest BCUT2D eigenvalue weighted by atomic mass is 9.95. The van der Waals surface area contributed by atoms with Crippen molar-refractivity contribution < 1.29 is 4.42 Å². The first-order chi connectivity index (χ1) is 30.2. The summed E-state index contributed by atoms with van der Waals surface area (Å²) in [6, 6.07) is 81.1. The van der Waals surface area contributed by atoms with Gasteiger partial charge in [0, 0.05) is 59.0 Å². The van der Waals surface area contributed by atoms with E-state index >= 15 is 0 Å². The molecule has 12 rings (SSSR count). The minimum absolute atomic E-state index is 0.904. The van der Waals surface area contributed by atoms with Crippen LogP contribution < -0.4 is 4.90 Å². The second-order valence-corrected chi connectivity index (χ2v) is 16.7. The lowest BCUT2D eigenvalue weighted by Gasteiger charge is -2.28. The Morgan fingerprint density at radius 1 is 0.344 bits per heavy atom. The average Bonchev–Trinajstić information content (AvgIpc) is 3.91. The van der Waals surface area contributed by atoms with Crippen molar-refractivity contribution in [1.29, 1.82) is 0 Å². The zero-order chi connectivity index (χ0) is 40.3. The molecular formula is C58H37NOS. The molecule has 0 bridgehead atoms. The molecule has 0 fully saturated rings. The number of benzene rings is 10. The van der Waals surface area contributed by atoms with E-state index in [1.165, 1.54) is 64.3 Å². The van der Waals surface area contributed by atoms with Crippen LogP contribution in [-0.2, 0) is 0 Å². The summed E-state index contributed by atoms with van der Waals surface area (Å²) in [7, 11) is 0. The highest BCUT2D eigenvalue weighted by Gasteiger charge is 2.21. The van der Waals surface area contributed by atoms with Crippen molar-refractivity contribution in [2.24, 2.45) is 0 Å². The van der Waals surface area contributed by atoms with Crippen LogP contribution in [0.3, 0.4) is 0 Å². The highest BCUT2D eigenvalue weighted by Crippen LogP contribution is 2.47. The molecule has 2 nitrogen and oxygen atoms in total. The van der Waals surface area contributed by atoms with Crippen LogP contribution in [0.4, 0.5) is 17.1 Å². The van der Waals surface area contributed by atoms with Crippen molar-refractivity contribution >= 4 is 81.3 Å². The van der Waals surface area contributed by atoms with E-state index in [0.717, 1.165) is 50.1 Å². The third-order valence-corrected chi connectivity index (χ3v) is 13.3. The first-order valence-electron chi connectivity index (χ1n) is 20.7. The first-order valence-corrected chi connectivity index (χ1v) is 21.6. The standard InChI is InChI=1S/C58H37NOS/c1-2-17-45-39(13-1)14-10-21-46(45)42-16-9-15-41(37-42)38-29-33-43(34-30-38)59(44-35-31-40(32-36-44)47-22-11-23-51-49-19-4-7-27-55(49)60-57(47)51)54-26-6-3-18-48(54)52-24-12-25-53-50-20-5-8-28-56(50)61-58(52)53/h1-37H. The fourth-order valence-corrected chi connectivity index (χ4v) is 10.4. The number of nitrogens with zero attached hydrogens (tertiary/aromatic N) is 1. The maximum absolute atomic E-state index is 6.47. The van der Waals surface area contributed by atoms with Crippen molar-refractivity contribution in [3.05, 3.63) is 224 Å². The summed E-state index contributed by atoms with van der Waals surface area (Å²) in [5.41, 5.74) is 14.5. The van der Waals surface area contributed by atoms with Gasteiger partial charge >= 0.3 is 0 Å². The van der Waals surface area contributed by atoms with Gasteiger partial charge in [0.1, 0.15) is 11.2 Å². The summed E-state index contributed by atoms with van der Waals surface area (Å²) in [6.45, 7) is 0. The van der Waals surface area contributed by atoms with Crippen LogP contribution in [0.25, 0.3) is 97.4 Å². The van der Waals surface area contributed by atoms with Gasteiger partial charge in [0.15, 0.2) is 0 Å². The van der Waals surface area contributed by atoms with Crippen molar-refractivity contribution in [3.63, 3.8) is 0 Å². The SMILES string of the molecule is c1cc(-c2ccc(N(c3ccc(-c4cccc5c4oc4ccccc45)cc3)c3ccccc3-c3cccc4c3sc3ccccc34)cc2)cc(-c2cccc3ccccc23)c1. The van der Waals surface area contributed by atoms with Gasteiger partial charge in [0.25, 0.3) is 0 Å². The molecule has 10 aromatic carbocycles. The van der Waals surface area contributed by atoms with Gasteiger partial charge in [0.05, 0.1) is 5.69 Å². The van der Waals surface area contributed by atoms with Crippen molar-refractivity contribution in [1.82, 2.24) is 0 Å². The molecule has 0 aliphatic rings. The van der Waals surface area contributed by atoms with Crippen LogP contribution in [0.15, 0.2) is 229 Å². The van der Waals surface area contributed by atoms with Crippen LogP contribution in [0, 0.1) is 0 Å². The second kappa shape index (κ2) is 14.5. The Bertz CT molecular complexity index is 3590. The quantitative estimate of drug-likeness (QED) is 0.160. The minimum Gasteiger partial charge on any atom is -0.455 e. The molecule has 0 atom stereocenters. The third-order valence-electron chi connectivity index (χ3n) is 12.1. The van der Waals surface area contributed by atoms with E-state index in [2.05, 4.69) is 217 Å². The number of hydrogen-bond acceptors (Lipinski definition) is 3. The highest BCUT2D eigenvalue weighted by atomic mass is 32.1. The zero-order valence-corrected chi connectivity index (χ0v) is 33.9. The molecule has 0 N–H and O–H groups in total. The Balaban J connectivity index is 0.987. The van der Waals surface area contributed by atoms with E-state index in [4.69, 9.17) is 4.42 Å². The largest absolute Gasteiger partial charge is 0.455 e. The number of fused-ring (bicyclic) bond motifs is 7. The lowest BCUT2D eigenvalue weighted by Crippen LogP contribution is -2.11. The summed E-state index contributed by atoms with van der Waals surface area (Å²) in [5, 5.41) is 7.37. The monoisotopic (exact) mass is 795 g/mol. The van der Waals surface area contributed by atoms with Gasteiger partial charge in [-0.05, 0) is 87.1 Å². The Kier molecular flexibility index (Phi) is 8.39. The summed E-state index contributed by atoms with van der Waals surface area (Å²) < 4.78 is 9.06. The summed E-state index contributed by atoms with van der Waals surface area (Å²) in [4.78, 5) is 2.41. The van der Waals surface area contributed by atoms with Crippen molar-refractivity contribution in [2.45, 2.75) is 0 Å². The number of furan rings is 1. The van der Waals surface area contributed by atoms with E-state index < -0.39 is 0 Å². The predicted molar refractivity (Wildman–Crippen MR) is 261 cm³/mol. The minimum atomic E-state index is 0.904. The third kappa shape index (κ3) is 6.01.